The van der Waals surface area contributed by atoms with Crippen molar-refractivity contribution in [2.24, 2.45) is 17.8 Å². The van der Waals surface area contributed by atoms with Gasteiger partial charge >= 0.3 is 0 Å². The molecule has 1 heteroatoms. The molecule has 70 valence electrons. The van der Waals surface area contributed by atoms with Crippen molar-refractivity contribution in [3.05, 3.63) is 0 Å². The molecule has 1 saturated heterocycles. The van der Waals surface area contributed by atoms with E-state index in [1.54, 1.807) is 0 Å². The van der Waals surface area contributed by atoms with E-state index in [0.29, 0.717) is 0 Å². The van der Waals surface area contributed by atoms with Crippen molar-refractivity contribution in [3.63, 3.8) is 0 Å². The van der Waals surface area contributed by atoms with Gasteiger partial charge in [-0.05, 0) is 43.7 Å². The van der Waals surface area contributed by atoms with Gasteiger partial charge in [-0.2, -0.15) is 0 Å². The van der Waals surface area contributed by atoms with Crippen LogP contribution in [0.4, 0.5) is 0 Å². The van der Waals surface area contributed by atoms with E-state index in [2.05, 4.69) is 12.2 Å². The molecular formula is C11H21N. The van der Waals surface area contributed by atoms with E-state index in [9.17, 15) is 0 Å². The molecule has 1 unspecified atom stereocenters. The van der Waals surface area contributed by atoms with Gasteiger partial charge in [0.1, 0.15) is 0 Å². The quantitative estimate of drug-likeness (QED) is 0.666. The molecule has 0 aromatic carbocycles. The highest BCUT2D eigenvalue weighted by Crippen LogP contribution is 2.39. The molecule has 0 amide bonds. The van der Waals surface area contributed by atoms with E-state index < -0.39 is 0 Å². The summed E-state index contributed by atoms with van der Waals surface area (Å²) in [5.74, 6) is 3.14. The highest BCUT2D eigenvalue weighted by molar-refractivity contribution is 4.82. The second-order valence-corrected chi connectivity index (χ2v) is 4.64. The fraction of sp³-hybridized carbons (Fsp3) is 1.00. The maximum absolute atomic E-state index is 3.44. The third kappa shape index (κ3) is 1.66. The van der Waals surface area contributed by atoms with Crippen molar-refractivity contribution in [1.29, 1.82) is 0 Å². The Hall–Kier alpha value is -0.0400. The van der Waals surface area contributed by atoms with Crippen molar-refractivity contribution in [2.75, 3.05) is 13.1 Å². The Bertz CT molecular complexity index is 134. The summed E-state index contributed by atoms with van der Waals surface area (Å²) < 4.78 is 0. The summed E-state index contributed by atoms with van der Waals surface area (Å²) in [6.07, 6.45) is 7.39. The molecule has 1 aliphatic carbocycles. The molecule has 0 spiro atoms. The van der Waals surface area contributed by atoms with Crippen LogP contribution in [0, 0.1) is 17.8 Å². The molecule has 0 radical (unpaired) electrons. The maximum Gasteiger partial charge on any atom is -0.00462 e. The van der Waals surface area contributed by atoms with Gasteiger partial charge in [-0.3, -0.25) is 0 Å². The number of hydrogen-bond acceptors (Lipinski definition) is 1. The lowest BCUT2D eigenvalue weighted by Gasteiger charge is -2.38. The van der Waals surface area contributed by atoms with Gasteiger partial charge in [-0.1, -0.05) is 26.2 Å². The first kappa shape index (κ1) is 8.55. The largest absolute Gasteiger partial charge is 0.317 e. The first-order valence-corrected chi connectivity index (χ1v) is 5.58. The Kier molecular flexibility index (Phi) is 2.69. The summed E-state index contributed by atoms with van der Waals surface area (Å²) in [5, 5.41) is 3.44. The van der Waals surface area contributed by atoms with Crippen LogP contribution in [-0.4, -0.2) is 13.1 Å². The lowest BCUT2D eigenvalue weighted by Crippen LogP contribution is -2.35. The molecule has 1 N–H and O–H groups in total. The molecule has 1 nitrogen and oxygen atoms in total. The number of hydrogen-bond donors (Lipinski definition) is 1. The molecule has 1 aliphatic heterocycles. The predicted octanol–water partition coefficient (Wildman–Crippen LogP) is 2.42. The molecule has 1 heterocycles. The molecule has 2 aliphatic rings. The molecule has 1 atom stereocenters. The first-order valence-electron chi connectivity index (χ1n) is 5.58. The van der Waals surface area contributed by atoms with Crippen LogP contribution in [0.3, 0.4) is 0 Å². The highest BCUT2D eigenvalue weighted by Gasteiger charge is 2.30. The Labute approximate surface area is 75.9 Å². The Morgan fingerprint density at radius 1 is 1.00 bits per heavy atom. The molecular weight excluding hydrogens is 146 g/mol. The fourth-order valence-electron chi connectivity index (χ4n) is 2.72. The SMILES string of the molecule is CC(C1CCC1)C1CCNCC1. The van der Waals surface area contributed by atoms with Crippen LogP contribution in [0.2, 0.25) is 0 Å². The third-order valence-electron chi connectivity index (χ3n) is 4.02. The van der Waals surface area contributed by atoms with Crippen molar-refractivity contribution in [3.8, 4) is 0 Å². The van der Waals surface area contributed by atoms with Gasteiger partial charge < -0.3 is 5.32 Å². The Morgan fingerprint density at radius 2 is 1.58 bits per heavy atom. The molecule has 2 rings (SSSR count). The van der Waals surface area contributed by atoms with Crippen LogP contribution >= 0.6 is 0 Å². The third-order valence-corrected chi connectivity index (χ3v) is 4.02. The van der Waals surface area contributed by atoms with Crippen molar-refractivity contribution in [2.45, 2.75) is 39.0 Å². The lowest BCUT2D eigenvalue weighted by molar-refractivity contribution is 0.136. The standard InChI is InChI=1S/C11H21N/c1-9(10-3-2-4-10)11-5-7-12-8-6-11/h9-12H,2-8H2,1H3. The summed E-state index contributed by atoms with van der Waals surface area (Å²) >= 11 is 0. The van der Waals surface area contributed by atoms with Crippen molar-refractivity contribution < 1.29 is 0 Å². The van der Waals surface area contributed by atoms with E-state index in [1.165, 1.54) is 45.2 Å². The van der Waals surface area contributed by atoms with Crippen molar-refractivity contribution >= 4 is 0 Å². The van der Waals surface area contributed by atoms with Gasteiger partial charge in [0.25, 0.3) is 0 Å². The van der Waals surface area contributed by atoms with Crippen LogP contribution in [-0.2, 0) is 0 Å². The average Bonchev–Trinajstić information content (AvgIpc) is 2.03. The zero-order chi connectivity index (χ0) is 8.39. The van der Waals surface area contributed by atoms with Crippen LogP contribution in [0.25, 0.3) is 0 Å². The summed E-state index contributed by atoms with van der Waals surface area (Å²) in [6, 6.07) is 0. The molecule has 0 bridgehead atoms. The fourth-order valence-corrected chi connectivity index (χ4v) is 2.72. The van der Waals surface area contributed by atoms with Crippen LogP contribution in [0.15, 0.2) is 0 Å². The average molecular weight is 167 g/mol. The minimum Gasteiger partial charge on any atom is -0.317 e. The van der Waals surface area contributed by atoms with Gasteiger partial charge in [-0.15, -0.1) is 0 Å². The van der Waals surface area contributed by atoms with Crippen LogP contribution < -0.4 is 5.32 Å². The van der Waals surface area contributed by atoms with E-state index in [0.717, 1.165) is 17.8 Å². The monoisotopic (exact) mass is 167 g/mol. The zero-order valence-corrected chi connectivity index (χ0v) is 8.18. The van der Waals surface area contributed by atoms with Gasteiger partial charge in [0.05, 0.1) is 0 Å². The predicted molar refractivity (Wildman–Crippen MR) is 52.1 cm³/mol. The highest BCUT2D eigenvalue weighted by atomic mass is 14.9. The second kappa shape index (κ2) is 3.78. The van der Waals surface area contributed by atoms with Gasteiger partial charge in [0, 0.05) is 0 Å². The smallest absolute Gasteiger partial charge is 0.00462 e. The minimum atomic E-state index is 1.01. The maximum atomic E-state index is 3.44. The van der Waals surface area contributed by atoms with Crippen molar-refractivity contribution in [1.82, 2.24) is 5.32 Å². The normalized spacial score (nSPS) is 29.8. The van der Waals surface area contributed by atoms with Gasteiger partial charge in [-0.25, -0.2) is 0 Å². The Balaban J connectivity index is 1.80. The lowest BCUT2D eigenvalue weighted by atomic mass is 9.69. The van der Waals surface area contributed by atoms with Gasteiger partial charge in [0.15, 0.2) is 0 Å². The summed E-state index contributed by atoms with van der Waals surface area (Å²) in [6.45, 7) is 5.02. The minimum absolute atomic E-state index is 1.01. The summed E-state index contributed by atoms with van der Waals surface area (Å²) in [7, 11) is 0. The first-order chi connectivity index (χ1) is 5.88. The molecule has 0 aromatic heterocycles. The zero-order valence-electron chi connectivity index (χ0n) is 8.18. The summed E-state index contributed by atoms with van der Waals surface area (Å²) in [5.41, 5.74) is 0. The van der Waals surface area contributed by atoms with E-state index in [4.69, 9.17) is 0 Å². The second-order valence-electron chi connectivity index (χ2n) is 4.64. The van der Waals surface area contributed by atoms with Crippen LogP contribution in [0.1, 0.15) is 39.0 Å². The van der Waals surface area contributed by atoms with E-state index in [-0.39, 0.29) is 0 Å². The topological polar surface area (TPSA) is 12.0 Å². The van der Waals surface area contributed by atoms with Crippen LogP contribution in [0.5, 0.6) is 0 Å². The van der Waals surface area contributed by atoms with Gasteiger partial charge in [0.2, 0.25) is 0 Å². The summed E-state index contributed by atoms with van der Waals surface area (Å²) in [4.78, 5) is 0. The number of nitrogens with one attached hydrogen (secondary N) is 1. The molecule has 0 aromatic rings. The Morgan fingerprint density at radius 3 is 2.08 bits per heavy atom. The number of piperidine rings is 1. The van der Waals surface area contributed by atoms with E-state index in [1.807, 2.05) is 0 Å². The molecule has 12 heavy (non-hydrogen) atoms. The number of rotatable bonds is 2. The molecule has 2 fully saturated rings. The molecule has 1 saturated carbocycles. The van der Waals surface area contributed by atoms with E-state index >= 15 is 0 Å².